The first-order valence-electron chi connectivity index (χ1n) is 10.1. The van der Waals surface area contributed by atoms with Gasteiger partial charge in [-0.25, -0.2) is 0 Å². The molecule has 3 aliphatic rings. The van der Waals surface area contributed by atoms with Crippen LogP contribution in [0.2, 0.25) is 0 Å². The fourth-order valence-corrected chi connectivity index (χ4v) is 2.73. The smallest absolute Gasteiger partial charge is 0.104 e. The van der Waals surface area contributed by atoms with Gasteiger partial charge in [0.2, 0.25) is 0 Å². The van der Waals surface area contributed by atoms with Crippen LogP contribution >= 0.6 is 0 Å². The Hall–Kier alpha value is -0.400. The van der Waals surface area contributed by atoms with Gasteiger partial charge in [0, 0.05) is 0 Å². The molecule has 3 atom stereocenters. The molecule has 3 heterocycles. The first-order valence-corrected chi connectivity index (χ1v) is 10.1. The Morgan fingerprint density at radius 2 is 0.862 bits per heavy atom. The normalized spacial score (nSPS) is 27.6. The van der Waals surface area contributed by atoms with E-state index < -0.39 is 10.8 Å². The summed E-state index contributed by atoms with van der Waals surface area (Å²) in [4.78, 5) is 0. The zero-order valence-electron chi connectivity index (χ0n) is 16.8. The first-order chi connectivity index (χ1) is 14.1. The maximum atomic E-state index is 10.1. The van der Waals surface area contributed by atoms with Gasteiger partial charge < -0.3 is 48.5 Å². The van der Waals surface area contributed by atoms with Crippen LogP contribution < -0.4 is 0 Å². The predicted molar refractivity (Wildman–Crippen MR) is 98.6 cm³/mol. The molecule has 0 spiro atoms. The summed E-state index contributed by atoms with van der Waals surface area (Å²) in [5.41, 5.74) is -1.69. The molecule has 3 N–H and O–H groups in total. The monoisotopic (exact) mass is 422 g/mol. The molecule has 3 rings (SSSR count). The van der Waals surface area contributed by atoms with E-state index in [1.165, 1.54) is 0 Å². The van der Waals surface area contributed by atoms with Crippen LogP contribution in [0.5, 0.6) is 0 Å². The van der Waals surface area contributed by atoms with Gasteiger partial charge in [0.25, 0.3) is 0 Å². The second kappa shape index (κ2) is 11.3. The molecule has 10 nitrogen and oxygen atoms in total. The summed E-state index contributed by atoms with van der Waals surface area (Å²) in [6.07, 6.45) is 0.350. The number of aliphatic hydroxyl groups excluding tert-OH is 3. The average Bonchev–Trinajstić information content (AvgIpc) is 3.55. The van der Waals surface area contributed by atoms with E-state index in [1.54, 1.807) is 0 Å². The van der Waals surface area contributed by atoms with Gasteiger partial charge in [-0.3, -0.25) is 0 Å². The van der Waals surface area contributed by atoms with E-state index in [0.717, 1.165) is 0 Å². The Balaban J connectivity index is 1.46. The molecule has 0 radical (unpaired) electrons. The number of rotatable bonds is 19. The van der Waals surface area contributed by atoms with Crippen LogP contribution in [0.1, 0.15) is 0 Å². The zero-order chi connectivity index (χ0) is 20.6. The summed E-state index contributed by atoms with van der Waals surface area (Å²) in [6, 6.07) is 0. The van der Waals surface area contributed by atoms with Crippen molar-refractivity contribution in [2.24, 2.45) is 10.8 Å². The molecule has 3 aliphatic heterocycles. The average molecular weight is 422 g/mol. The topological polar surface area (TPSA) is 135 Å². The summed E-state index contributed by atoms with van der Waals surface area (Å²) in [7, 11) is 0. The van der Waals surface area contributed by atoms with Crippen molar-refractivity contribution in [3.8, 4) is 0 Å². The SMILES string of the molecule is OCC(CO)(COCC1CO1)COCC(CO)(COCC1CO1)COCC1CO1. The maximum Gasteiger partial charge on any atom is 0.104 e. The van der Waals surface area contributed by atoms with Crippen molar-refractivity contribution < 1.29 is 48.5 Å². The Bertz CT molecular complexity index is 442. The van der Waals surface area contributed by atoms with Crippen LogP contribution in [-0.4, -0.2) is 126 Å². The minimum Gasteiger partial charge on any atom is -0.396 e. The van der Waals surface area contributed by atoms with Gasteiger partial charge in [0.1, 0.15) is 18.3 Å². The van der Waals surface area contributed by atoms with Gasteiger partial charge in [0.15, 0.2) is 0 Å². The largest absolute Gasteiger partial charge is 0.396 e. The van der Waals surface area contributed by atoms with Crippen LogP contribution in [0.4, 0.5) is 0 Å². The van der Waals surface area contributed by atoms with Gasteiger partial charge in [-0.05, 0) is 0 Å². The van der Waals surface area contributed by atoms with Gasteiger partial charge in [-0.15, -0.1) is 0 Å². The fraction of sp³-hybridized carbons (Fsp3) is 1.00. The highest BCUT2D eigenvalue weighted by molar-refractivity contribution is 4.83. The fourth-order valence-electron chi connectivity index (χ4n) is 2.73. The van der Waals surface area contributed by atoms with E-state index >= 15 is 0 Å². The van der Waals surface area contributed by atoms with Crippen LogP contribution in [-0.2, 0) is 33.2 Å². The van der Waals surface area contributed by atoms with Crippen molar-refractivity contribution >= 4 is 0 Å². The van der Waals surface area contributed by atoms with E-state index in [0.29, 0.717) is 39.6 Å². The molecule has 29 heavy (non-hydrogen) atoms. The molecule has 0 amide bonds. The molecule has 0 aromatic rings. The highest BCUT2D eigenvalue weighted by Gasteiger charge is 2.37. The highest BCUT2D eigenvalue weighted by Crippen LogP contribution is 2.24. The summed E-state index contributed by atoms with van der Waals surface area (Å²) in [5, 5.41) is 29.6. The Labute approximate surface area is 170 Å². The second-order valence-electron chi connectivity index (χ2n) is 8.38. The van der Waals surface area contributed by atoms with Crippen molar-refractivity contribution in [1.29, 1.82) is 0 Å². The Morgan fingerprint density at radius 1 is 0.552 bits per heavy atom. The third-order valence-corrected chi connectivity index (χ3v) is 5.17. The van der Waals surface area contributed by atoms with Crippen molar-refractivity contribution in [1.82, 2.24) is 0 Å². The van der Waals surface area contributed by atoms with Gasteiger partial charge in [0.05, 0.1) is 103 Å². The Kier molecular flexibility index (Phi) is 9.05. The standard InChI is InChI=1S/C19H34O10/c20-7-18(8-21,10-23-1-15-4-27-15)11-26-14-19(9-22,12-24-2-16-5-28-16)13-25-3-17-6-29-17/h15-17,20-22H,1-14H2. The molecule has 10 heteroatoms. The van der Waals surface area contributed by atoms with E-state index in [9.17, 15) is 15.3 Å². The van der Waals surface area contributed by atoms with Crippen LogP contribution in [0.3, 0.4) is 0 Å². The molecule has 3 saturated heterocycles. The molecule has 0 aliphatic carbocycles. The van der Waals surface area contributed by atoms with Gasteiger partial charge in [-0.2, -0.15) is 0 Å². The highest BCUT2D eigenvalue weighted by atomic mass is 16.6. The number of epoxide rings is 3. The number of hydrogen-bond donors (Lipinski definition) is 3. The zero-order valence-corrected chi connectivity index (χ0v) is 16.8. The first kappa shape index (κ1) is 23.3. The van der Waals surface area contributed by atoms with E-state index in [4.69, 9.17) is 33.2 Å². The van der Waals surface area contributed by atoms with Crippen molar-refractivity contribution in [3.63, 3.8) is 0 Å². The molecular weight excluding hydrogens is 388 g/mol. The van der Waals surface area contributed by atoms with Crippen LogP contribution in [0, 0.1) is 10.8 Å². The van der Waals surface area contributed by atoms with Crippen LogP contribution in [0.25, 0.3) is 0 Å². The minimum absolute atomic E-state index is 0.0742. The molecule has 3 unspecified atom stereocenters. The number of hydrogen-bond acceptors (Lipinski definition) is 10. The lowest BCUT2D eigenvalue weighted by Crippen LogP contribution is -2.45. The van der Waals surface area contributed by atoms with Gasteiger partial charge in [-0.1, -0.05) is 0 Å². The second-order valence-corrected chi connectivity index (χ2v) is 8.38. The lowest BCUT2D eigenvalue weighted by molar-refractivity contribution is -0.126. The third kappa shape index (κ3) is 8.33. The predicted octanol–water partition coefficient (Wildman–Crippen LogP) is -1.80. The van der Waals surface area contributed by atoms with Crippen molar-refractivity contribution in [2.75, 3.05) is 92.5 Å². The molecule has 0 aromatic carbocycles. The number of aliphatic hydroxyl groups is 3. The maximum absolute atomic E-state index is 10.1. The van der Waals surface area contributed by atoms with E-state index in [2.05, 4.69) is 0 Å². The molecule has 170 valence electrons. The van der Waals surface area contributed by atoms with Crippen LogP contribution in [0.15, 0.2) is 0 Å². The summed E-state index contributed by atoms with van der Waals surface area (Å²) < 4.78 is 38.2. The summed E-state index contributed by atoms with van der Waals surface area (Å²) >= 11 is 0. The lowest BCUT2D eigenvalue weighted by atomic mass is 9.90. The summed E-state index contributed by atoms with van der Waals surface area (Å²) in [6.45, 7) is 3.52. The molecule has 0 saturated carbocycles. The van der Waals surface area contributed by atoms with Gasteiger partial charge >= 0.3 is 0 Å². The van der Waals surface area contributed by atoms with Crippen molar-refractivity contribution in [2.45, 2.75) is 18.3 Å². The lowest BCUT2D eigenvalue weighted by Gasteiger charge is -2.34. The van der Waals surface area contributed by atoms with E-state index in [1.807, 2.05) is 0 Å². The summed E-state index contributed by atoms with van der Waals surface area (Å²) in [5.74, 6) is 0. The van der Waals surface area contributed by atoms with E-state index in [-0.39, 0.29) is 71.2 Å². The number of ether oxygens (including phenoxy) is 7. The quantitative estimate of drug-likeness (QED) is 0.205. The van der Waals surface area contributed by atoms with Crippen molar-refractivity contribution in [3.05, 3.63) is 0 Å². The molecular formula is C19H34O10. The molecule has 3 fully saturated rings. The molecule has 0 bridgehead atoms. The Morgan fingerprint density at radius 3 is 1.21 bits per heavy atom. The minimum atomic E-state index is -0.929. The molecule has 0 aromatic heterocycles. The third-order valence-electron chi connectivity index (χ3n) is 5.17.